The summed E-state index contributed by atoms with van der Waals surface area (Å²) in [7, 11) is -7.56. The zero-order valence-corrected chi connectivity index (χ0v) is 9.95. The molecule has 0 aliphatic rings. The normalized spacial score (nSPS) is 17.9. The number of hydrogen-bond donors (Lipinski definition) is 1. The van der Waals surface area contributed by atoms with Crippen molar-refractivity contribution in [3.8, 4) is 0 Å². The highest BCUT2D eigenvalue weighted by Crippen LogP contribution is 2.49. The molecule has 8 nitrogen and oxygen atoms in total. The summed E-state index contributed by atoms with van der Waals surface area (Å²) in [5.74, 6) is -1.05. The van der Waals surface area contributed by atoms with Crippen LogP contribution in [0, 0.1) is 0 Å². The Balaban J connectivity index is 5.26. The molecule has 1 N–H and O–H groups in total. The molecule has 0 rings (SSSR count). The second kappa shape index (κ2) is 5.04. The van der Waals surface area contributed by atoms with Crippen molar-refractivity contribution in [2.24, 2.45) is 0 Å². The van der Waals surface area contributed by atoms with Crippen LogP contribution in [0.3, 0.4) is 0 Å². The Labute approximate surface area is 86.8 Å². The van der Waals surface area contributed by atoms with Crippen LogP contribution >= 0.6 is 7.60 Å². The first-order valence-electron chi connectivity index (χ1n) is 3.52. The Bertz CT molecular complexity index is 372. The van der Waals surface area contributed by atoms with Crippen LogP contribution in [0.4, 0.5) is 0 Å². The highest BCUT2D eigenvalue weighted by atomic mass is 32.2. The first-order chi connectivity index (χ1) is 6.67. The molecule has 0 amide bonds. The molecule has 0 saturated heterocycles. The van der Waals surface area contributed by atoms with E-state index in [4.69, 9.17) is 4.89 Å². The molecule has 15 heavy (non-hydrogen) atoms. The highest BCUT2D eigenvalue weighted by Gasteiger charge is 2.46. The van der Waals surface area contributed by atoms with Crippen molar-refractivity contribution in [1.82, 2.24) is 0 Å². The first kappa shape index (κ1) is 14.5. The van der Waals surface area contributed by atoms with E-state index in [0.29, 0.717) is 0 Å². The average molecular weight is 262 g/mol. The van der Waals surface area contributed by atoms with Gasteiger partial charge in [0.05, 0.1) is 7.11 Å². The molecule has 0 radical (unpaired) electrons. The molecule has 0 aromatic carbocycles. The summed E-state index contributed by atoms with van der Waals surface area (Å²) in [6.07, 6.45) is 0. The van der Waals surface area contributed by atoms with E-state index in [0.717, 1.165) is 21.1 Å². The molecule has 0 aromatic heterocycles. The molecule has 0 saturated carbocycles. The molecular formula is C5H11O8PS. The van der Waals surface area contributed by atoms with Crippen LogP contribution in [0.1, 0.15) is 6.92 Å². The van der Waals surface area contributed by atoms with Gasteiger partial charge in [-0.25, -0.2) is 0 Å². The minimum Gasteiger partial charge on any atom is -0.430 e. The first-order valence-corrected chi connectivity index (χ1v) is 6.64. The second-order valence-electron chi connectivity index (χ2n) is 2.32. The smallest absolute Gasteiger partial charge is 0.386 e. The van der Waals surface area contributed by atoms with Gasteiger partial charge in [0.2, 0.25) is 0 Å². The lowest BCUT2D eigenvalue weighted by atomic mass is 10.8. The van der Waals surface area contributed by atoms with Gasteiger partial charge in [-0.05, 0) is 0 Å². The maximum Gasteiger partial charge on any atom is 0.386 e. The molecule has 0 fully saturated rings. The van der Waals surface area contributed by atoms with Gasteiger partial charge in [0.1, 0.15) is 0 Å². The topological polar surface area (TPSA) is 116 Å². The van der Waals surface area contributed by atoms with Crippen LogP contribution in [-0.4, -0.2) is 38.7 Å². The van der Waals surface area contributed by atoms with Crippen molar-refractivity contribution in [2.45, 2.75) is 12.1 Å². The molecule has 0 aliphatic carbocycles. The number of carbonyl (C=O) groups excluding carboxylic acids is 1. The van der Waals surface area contributed by atoms with Crippen molar-refractivity contribution < 1.29 is 36.1 Å². The zero-order chi connectivity index (χ0) is 12.3. The van der Waals surface area contributed by atoms with Crippen molar-refractivity contribution >= 4 is 23.7 Å². The Morgan fingerprint density at radius 3 is 2.13 bits per heavy atom. The van der Waals surface area contributed by atoms with E-state index < -0.39 is 28.9 Å². The second-order valence-corrected chi connectivity index (χ2v) is 6.38. The van der Waals surface area contributed by atoms with E-state index >= 15 is 0 Å². The number of rotatable bonds is 5. The monoisotopic (exact) mass is 262 g/mol. The van der Waals surface area contributed by atoms with Crippen LogP contribution in [-0.2, 0) is 32.9 Å². The number of esters is 1. The third kappa shape index (κ3) is 3.88. The van der Waals surface area contributed by atoms with E-state index in [9.17, 15) is 17.8 Å². The molecule has 90 valence electrons. The maximum atomic E-state index is 11.2. The molecule has 0 aromatic rings. The predicted molar refractivity (Wildman–Crippen MR) is 48.3 cm³/mol. The molecule has 2 unspecified atom stereocenters. The Hall–Kier alpha value is -0.470. The van der Waals surface area contributed by atoms with E-state index in [-0.39, 0.29) is 0 Å². The van der Waals surface area contributed by atoms with Gasteiger partial charge in [-0.2, -0.15) is 8.42 Å². The van der Waals surface area contributed by atoms with Gasteiger partial charge in [-0.15, -0.1) is 0 Å². The zero-order valence-electron chi connectivity index (χ0n) is 8.24. The summed E-state index contributed by atoms with van der Waals surface area (Å²) in [5, 5.41) is -2.38. The summed E-state index contributed by atoms with van der Waals surface area (Å²) < 4.78 is 45.7. The van der Waals surface area contributed by atoms with Crippen LogP contribution < -0.4 is 0 Å². The average Bonchev–Trinajstić information content (AvgIpc) is 2.13. The number of hydrogen-bond acceptors (Lipinski definition) is 7. The fourth-order valence-electron chi connectivity index (χ4n) is 0.599. The van der Waals surface area contributed by atoms with Gasteiger partial charge in [0, 0.05) is 14.0 Å². The fourth-order valence-corrected chi connectivity index (χ4v) is 3.29. The van der Waals surface area contributed by atoms with E-state index in [1.807, 2.05) is 0 Å². The molecule has 10 heteroatoms. The van der Waals surface area contributed by atoms with Gasteiger partial charge < -0.3 is 14.2 Å². The summed E-state index contributed by atoms with van der Waals surface area (Å²) in [4.78, 5) is 19.6. The van der Waals surface area contributed by atoms with Crippen molar-refractivity contribution in [3.05, 3.63) is 0 Å². The van der Waals surface area contributed by atoms with Crippen LogP contribution in [0.15, 0.2) is 0 Å². The maximum absolute atomic E-state index is 11.2. The van der Waals surface area contributed by atoms with Gasteiger partial charge >= 0.3 is 28.9 Å². The SMILES string of the molecule is COP(=O)(O)C(OC(C)=O)S(=O)(=O)OC. The molecular weight excluding hydrogens is 251 g/mol. The molecule has 0 bridgehead atoms. The van der Waals surface area contributed by atoms with E-state index in [2.05, 4.69) is 13.4 Å². The summed E-state index contributed by atoms with van der Waals surface area (Å²) in [6.45, 7) is 0.883. The van der Waals surface area contributed by atoms with Crippen LogP contribution in [0.5, 0.6) is 0 Å². The van der Waals surface area contributed by atoms with Gasteiger partial charge in [0.15, 0.2) is 0 Å². The standard InChI is InChI=1S/C5H11O8PS/c1-4(6)13-5(14(7,8)11-2)15(9,10)12-3/h5H,1-3H3,(H,7,8). The minimum absolute atomic E-state index is 0.765. The van der Waals surface area contributed by atoms with Crippen molar-refractivity contribution in [1.29, 1.82) is 0 Å². The third-order valence-corrected chi connectivity index (χ3v) is 5.06. The lowest BCUT2D eigenvalue weighted by Crippen LogP contribution is -2.28. The van der Waals surface area contributed by atoms with Gasteiger partial charge in [-0.1, -0.05) is 0 Å². The van der Waals surface area contributed by atoms with Crippen LogP contribution in [0.2, 0.25) is 0 Å². The Kier molecular flexibility index (Phi) is 4.88. The van der Waals surface area contributed by atoms with E-state index in [1.165, 1.54) is 0 Å². The molecule has 2 atom stereocenters. The summed E-state index contributed by atoms with van der Waals surface area (Å²) in [6, 6.07) is 0. The van der Waals surface area contributed by atoms with Gasteiger partial charge in [0.25, 0.3) is 0 Å². The predicted octanol–water partition coefficient (Wildman–Crippen LogP) is -0.359. The minimum atomic E-state index is -4.63. The third-order valence-electron chi connectivity index (χ3n) is 1.27. The number of carbonyl (C=O) groups is 1. The quantitative estimate of drug-likeness (QED) is 0.405. The molecule has 0 aliphatic heterocycles. The molecule has 0 spiro atoms. The fraction of sp³-hybridized carbons (Fsp3) is 0.800. The highest BCUT2D eigenvalue weighted by molar-refractivity contribution is 7.94. The van der Waals surface area contributed by atoms with Gasteiger partial charge in [-0.3, -0.25) is 13.5 Å². The lowest BCUT2D eigenvalue weighted by Gasteiger charge is -2.19. The summed E-state index contributed by atoms with van der Waals surface area (Å²) in [5.41, 5.74) is 0. The molecule has 0 heterocycles. The largest absolute Gasteiger partial charge is 0.430 e. The van der Waals surface area contributed by atoms with Crippen LogP contribution in [0.25, 0.3) is 0 Å². The van der Waals surface area contributed by atoms with Crippen molar-refractivity contribution in [2.75, 3.05) is 14.2 Å². The Morgan fingerprint density at radius 2 is 1.87 bits per heavy atom. The lowest BCUT2D eigenvalue weighted by molar-refractivity contribution is -0.141. The Morgan fingerprint density at radius 1 is 1.40 bits per heavy atom. The van der Waals surface area contributed by atoms with E-state index in [1.54, 1.807) is 0 Å². The summed E-state index contributed by atoms with van der Waals surface area (Å²) >= 11 is 0. The number of ether oxygens (including phenoxy) is 1. The van der Waals surface area contributed by atoms with Crippen molar-refractivity contribution in [3.63, 3.8) is 0 Å².